The predicted octanol–water partition coefficient (Wildman–Crippen LogP) is 3.65. The number of nitrogens with zero attached hydrogens (tertiary/aromatic N) is 1. The number of thiophene rings is 1. The van der Waals surface area contributed by atoms with Crippen LogP contribution in [0.5, 0.6) is 0 Å². The molecule has 2 rings (SSSR count). The molecule has 1 N–H and O–H groups in total. The van der Waals surface area contributed by atoms with E-state index in [9.17, 15) is 4.79 Å². The highest BCUT2D eigenvalue weighted by Crippen LogP contribution is 2.34. The van der Waals surface area contributed by atoms with Crippen molar-refractivity contribution >= 4 is 29.0 Å². The molecule has 1 saturated heterocycles. The number of rotatable bonds is 6. The van der Waals surface area contributed by atoms with Crippen molar-refractivity contribution in [2.75, 3.05) is 12.0 Å². The molecule has 0 bridgehead atoms. The molecule has 2 heterocycles. The van der Waals surface area contributed by atoms with Gasteiger partial charge in [-0.25, -0.2) is 0 Å². The molecule has 1 aliphatic rings. The molecule has 0 saturated carbocycles. The van der Waals surface area contributed by atoms with Crippen LogP contribution in [0.25, 0.3) is 0 Å². The topological polar surface area (TPSA) is 32.3 Å². The highest BCUT2D eigenvalue weighted by Gasteiger charge is 2.43. The van der Waals surface area contributed by atoms with E-state index in [4.69, 9.17) is 0 Å². The van der Waals surface area contributed by atoms with Crippen LogP contribution in [0.3, 0.4) is 0 Å². The van der Waals surface area contributed by atoms with E-state index in [2.05, 4.69) is 56.3 Å². The predicted molar refractivity (Wildman–Crippen MR) is 92.9 cm³/mol. The van der Waals surface area contributed by atoms with Gasteiger partial charge in [0.15, 0.2) is 0 Å². The summed E-state index contributed by atoms with van der Waals surface area (Å²) < 4.78 is 0. The molecule has 3 unspecified atom stereocenters. The van der Waals surface area contributed by atoms with Gasteiger partial charge in [-0.2, -0.15) is 11.8 Å². The number of thioether (sulfide) groups is 1. The minimum Gasteiger partial charge on any atom is -0.318 e. The van der Waals surface area contributed by atoms with Crippen molar-refractivity contribution in [1.29, 1.82) is 0 Å². The summed E-state index contributed by atoms with van der Waals surface area (Å²) in [5, 5.41) is 3.56. The van der Waals surface area contributed by atoms with Crippen molar-refractivity contribution in [3.8, 4) is 0 Å². The SMILES string of the molecule is CSCCC(C)N1C(=O)C(C(C)C)NC1c1ccc(C)s1. The van der Waals surface area contributed by atoms with Crippen LogP contribution in [0.15, 0.2) is 12.1 Å². The summed E-state index contributed by atoms with van der Waals surface area (Å²) in [6.07, 6.45) is 3.20. The number of aryl methyl sites for hydroxylation is 1. The molecule has 3 nitrogen and oxygen atoms in total. The summed E-state index contributed by atoms with van der Waals surface area (Å²) in [5.74, 6) is 1.67. The lowest BCUT2D eigenvalue weighted by Gasteiger charge is -2.29. The minimum absolute atomic E-state index is 0.0421. The van der Waals surface area contributed by atoms with Gasteiger partial charge in [-0.15, -0.1) is 11.3 Å². The Morgan fingerprint density at radius 3 is 2.62 bits per heavy atom. The fraction of sp³-hybridized carbons (Fsp3) is 0.688. The quantitative estimate of drug-likeness (QED) is 0.866. The highest BCUT2D eigenvalue weighted by atomic mass is 32.2. The van der Waals surface area contributed by atoms with Gasteiger partial charge >= 0.3 is 0 Å². The van der Waals surface area contributed by atoms with E-state index in [0.717, 1.165) is 12.2 Å². The van der Waals surface area contributed by atoms with E-state index in [-0.39, 0.29) is 24.2 Å². The normalized spacial score (nSPS) is 24.1. The minimum atomic E-state index is -0.0610. The van der Waals surface area contributed by atoms with E-state index >= 15 is 0 Å². The molecular weight excluding hydrogens is 300 g/mol. The fourth-order valence-corrected chi connectivity index (χ4v) is 4.32. The molecule has 118 valence electrons. The van der Waals surface area contributed by atoms with Crippen LogP contribution in [0.2, 0.25) is 0 Å². The lowest BCUT2D eigenvalue weighted by Crippen LogP contribution is -2.39. The Hall–Kier alpha value is -0.520. The van der Waals surface area contributed by atoms with Crippen LogP contribution < -0.4 is 5.32 Å². The maximum Gasteiger partial charge on any atom is 0.241 e. The standard InChI is InChI=1S/C16H26N2OS2/c1-10(2)14-16(19)18(11(3)8-9-20-5)15(17-14)13-7-6-12(4)21-13/h6-7,10-11,14-15,17H,8-9H2,1-5H3. The number of nitrogens with one attached hydrogen (secondary N) is 1. The molecule has 0 aliphatic carbocycles. The van der Waals surface area contributed by atoms with Gasteiger partial charge in [0.25, 0.3) is 0 Å². The Morgan fingerprint density at radius 2 is 2.10 bits per heavy atom. The largest absolute Gasteiger partial charge is 0.318 e. The zero-order valence-electron chi connectivity index (χ0n) is 13.6. The molecule has 1 aliphatic heterocycles. The van der Waals surface area contributed by atoms with Crippen LogP contribution in [0, 0.1) is 12.8 Å². The number of hydrogen-bond acceptors (Lipinski definition) is 4. The first-order valence-electron chi connectivity index (χ1n) is 7.59. The molecule has 0 aromatic carbocycles. The number of carbonyl (C=O) groups excluding carboxylic acids is 1. The average molecular weight is 327 g/mol. The highest BCUT2D eigenvalue weighted by molar-refractivity contribution is 7.98. The van der Waals surface area contributed by atoms with Gasteiger partial charge in [0.05, 0.1) is 6.04 Å². The Morgan fingerprint density at radius 1 is 1.38 bits per heavy atom. The lowest BCUT2D eigenvalue weighted by molar-refractivity contribution is -0.132. The smallest absolute Gasteiger partial charge is 0.241 e. The molecular formula is C16H26N2OS2. The Labute approximate surface area is 136 Å². The van der Waals surface area contributed by atoms with Gasteiger partial charge in [0, 0.05) is 15.8 Å². The third-order valence-corrected chi connectivity index (χ3v) is 5.75. The van der Waals surface area contributed by atoms with Crippen LogP contribution in [0.1, 0.15) is 43.1 Å². The molecule has 1 aromatic heterocycles. The summed E-state index contributed by atoms with van der Waals surface area (Å²) in [4.78, 5) is 17.4. The zero-order valence-corrected chi connectivity index (χ0v) is 15.2. The second-order valence-corrected chi connectivity index (χ2v) is 8.42. The molecule has 21 heavy (non-hydrogen) atoms. The summed E-state index contributed by atoms with van der Waals surface area (Å²) >= 11 is 3.63. The van der Waals surface area contributed by atoms with Crippen molar-refractivity contribution in [2.24, 2.45) is 5.92 Å². The van der Waals surface area contributed by atoms with Crippen LogP contribution in [-0.4, -0.2) is 34.9 Å². The summed E-state index contributed by atoms with van der Waals surface area (Å²) in [6, 6.07) is 4.50. The number of carbonyl (C=O) groups is 1. The van der Waals surface area contributed by atoms with Gasteiger partial charge in [0.1, 0.15) is 6.17 Å². The van der Waals surface area contributed by atoms with E-state index in [1.165, 1.54) is 9.75 Å². The third kappa shape index (κ3) is 3.63. The Balaban J connectivity index is 2.24. The summed E-state index contributed by atoms with van der Waals surface area (Å²) in [6.45, 7) is 8.52. The Kier molecular flexibility index (Phi) is 5.74. The first kappa shape index (κ1) is 16.8. The molecule has 0 spiro atoms. The van der Waals surface area contributed by atoms with Crippen molar-refractivity contribution < 1.29 is 4.79 Å². The van der Waals surface area contributed by atoms with E-state index in [1.807, 2.05) is 11.8 Å². The number of hydrogen-bond donors (Lipinski definition) is 1. The Bertz CT molecular complexity index is 486. The lowest BCUT2D eigenvalue weighted by atomic mass is 10.0. The van der Waals surface area contributed by atoms with Gasteiger partial charge in [0.2, 0.25) is 5.91 Å². The maximum atomic E-state index is 12.8. The summed E-state index contributed by atoms with van der Waals surface area (Å²) in [7, 11) is 0. The molecule has 0 radical (unpaired) electrons. The van der Waals surface area contributed by atoms with Gasteiger partial charge in [-0.05, 0) is 50.3 Å². The molecule has 3 atom stereocenters. The van der Waals surface area contributed by atoms with Crippen molar-refractivity contribution in [2.45, 2.75) is 52.4 Å². The number of amides is 1. The van der Waals surface area contributed by atoms with Gasteiger partial charge in [-0.1, -0.05) is 13.8 Å². The molecule has 1 aromatic rings. The van der Waals surface area contributed by atoms with Gasteiger partial charge < -0.3 is 4.90 Å². The second-order valence-electron chi connectivity index (χ2n) is 6.12. The first-order chi connectivity index (χ1) is 9.95. The van der Waals surface area contributed by atoms with Crippen LogP contribution >= 0.6 is 23.1 Å². The van der Waals surface area contributed by atoms with E-state index in [0.29, 0.717) is 5.92 Å². The van der Waals surface area contributed by atoms with Crippen molar-refractivity contribution in [3.63, 3.8) is 0 Å². The van der Waals surface area contributed by atoms with Crippen molar-refractivity contribution in [1.82, 2.24) is 10.2 Å². The summed E-state index contributed by atoms with van der Waals surface area (Å²) in [5.41, 5.74) is 0. The molecule has 5 heteroatoms. The maximum absolute atomic E-state index is 12.8. The van der Waals surface area contributed by atoms with Gasteiger partial charge in [-0.3, -0.25) is 10.1 Å². The van der Waals surface area contributed by atoms with E-state index in [1.54, 1.807) is 11.3 Å². The first-order valence-corrected chi connectivity index (χ1v) is 9.80. The average Bonchev–Trinajstić information content (AvgIpc) is 2.99. The van der Waals surface area contributed by atoms with Crippen LogP contribution in [0.4, 0.5) is 0 Å². The fourth-order valence-electron chi connectivity index (χ4n) is 2.81. The second kappa shape index (κ2) is 7.16. The monoisotopic (exact) mass is 326 g/mol. The third-order valence-electron chi connectivity index (χ3n) is 4.05. The molecule has 1 fully saturated rings. The molecule has 1 amide bonds. The van der Waals surface area contributed by atoms with Crippen LogP contribution in [-0.2, 0) is 4.79 Å². The van der Waals surface area contributed by atoms with Crippen molar-refractivity contribution in [3.05, 3.63) is 21.9 Å². The zero-order chi connectivity index (χ0) is 15.6. The van der Waals surface area contributed by atoms with E-state index < -0.39 is 0 Å².